The van der Waals surface area contributed by atoms with Gasteiger partial charge in [0.1, 0.15) is 5.60 Å². The third kappa shape index (κ3) is 2.36. The fourth-order valence-electron chi connectivity index (χ4n) is 2.71. The fourth-order valence-corrected chi connectivity index (χ4v) is 3.35. The molecule has 2 atom stereocenters. The molecule has 4 nitrogen and oxygen atoms in total. The maximum absolute atomic E-state index is 11.0. The monoisotopic (exact) mass is 315 g/mol. The van der Waals surface area contributed by atoms with Crippen LogP contribution in [0.1, 0.15) is 45.3 Å². The first-order valence-corrected chi connectivity index (χ1v) is 7.30. The summed E-state index contributed by atoms with van der Waals surface area (Å²) in [5, 5.41) is 15.4. The van der Waals surface area contributed by atoms with Gasteiger partial charge in [0.25, 0.3) is 0 Å². The van der Waals surface area contributed by atoms with Crippen molar-refractivity contribution < 1.29 is 5.11 Å². The highest BCUT2D eigenvalue weighted by molar-refractivity contribution is 9.10. The van der Waals surface area contributed by atoms with E-state index in [2.05, 4.69) is 53.7 Å². The lowest BCUT2D eigenvalue weighted by molar-refractivity contribution is -0.0483. The van der Waals surface area contributed by atoms with Crippen molar-refractivity contribution in [3.05, 3.63) is 16.4 Å². The van der Waals surface area contributed by atoms with Crippen molar-refractivity contribution in [2.24, 2.45) is 0 Å². The molecule has 1 aromatic heterocycles. The molecule has 1 aromatic rings. The maximum atomic E-state index is 11.0. The predicted octanol–water partition coefficient (Wildman–Crippen LogP) is 2.53. The Bertz CT molecular complexity index is 432. The van der Waals surface area contributed by atoms with Gasteiger partial charge in [0.15, 0.2) is 0 Å². The van der Waals surface area contributed by atoms with E-state index in [9.17, 15) is 5.11 Å². The summed E-state index contributed by atoms with van der Waals surface area (Å²) in [6.07, 6.45) is 3.29. The Kier molecular flexibility index (Phi) is 3.85. The molecule has 18 heavy (non-hydrogen) atoms. The highest BCUT2D eigenvalue weighted by Gasteiger charge is 2.40. The third-order valence-electron chi connectivity index (χ3n) is 3.94. The van der Waals surface area contributed by atoms with Gasteiger partial charge >= 0.3 is 0 Å². The van der Waals surface area contributed by atoms with E-state index in [1.54, 1.807) is 6.20 Å². The Hall–Kier alpha value is -0.390. The summed E-state index contributed by atoms with van der Waals surface area (Å²) in [6, 6.07) is 0.636. The van der Waals surface area contributed by atoms with Crippen LogP contribution in [-0.2, 0) is 5.60 Å². The van der Waals surface area contributed by atoms with Gasteiger partial charge in [-0.05, 0) is 56.6 Å². The van der Waals surface area contributed by atoms with Crippen LogP contribution in [0.15, 0.2) is 10.7 Å². The molecule has 0 bridgehead atoms. The molecule has 5 heteroatoms. The minimum absolute atomic E-state index is 0.255. The van der Waals surface area contributed by atoms with Crippen LogP contribution in [0.2, 0.25) is 0 Å². The van der Waals surface area contributed by atoms with Crippen molar-refractivity contribution >= 4 is 15.9 Å². The number of likely N-dealkylation sites (tertiary alicyclic amines) is 1. The molecule has 0 radical (unpaired) electrons. The average molecular weight is 316 g/mol. The Morgan fingerprint density at radius 3 is 2.78 bits per heavy atom. The largest absolute Gasteiger partial charge is 0.383 e. The van der Waals surface area contributed by atoms with Crippen molar-refractivity contribution in [3.8, 4) is 0 Å². The van der Waals surface area contributed by atoms with Crippen LogP contribution in [0.25, 0.3) is 0 Å². The lowest BCUT2D eigenvalue weighted by atomic mass is 9.84. The minimum Gasteiger partial charge on any atom is -0.383 e. The van der Waals surface area contributed by atoms with E-state index in [0.29, 0.717) is 6.04 Å². The Balaban J connectivity index is 2.38. The van der Waals surface area contributed by atoms with Crippen molar-refractivity contribution in [1.82, 2.24) is 14.7 Å². The van der Waals surface area contributed by atoms with Crippen LogP contribution >= 0.6 is 15.9 Å². The van der Waals surface area contributed by atoms with Crippen LogP contribution in [0.3, 0.4) is 0 Å². The van der Waals surface area contributed by atoms with Crippen LogP contribution in [0.4, 0.5) is 0 Å². The molecule has 2 heterocycles. The molecule has 1 aliphatic heterocycles. The molecule has 1 N–H and O–H groups in total. The van der Waals surface area contributed by atoms with Gasteiger partial charge in [-0.25, -0.2) is 0 Å². The first-order chi connectivity index (χ1) is 8.35. The van der Waals surface area contributed by atoms with Gasteiger partial charge in [-0.1, -0.05) is 0 Å². The molecule has 0 amide bonds. The summed E-state index contributed by atoms with van der Waals surface area (Å²) in [7, 11) is 2.11. The lowest BCUT2D eigenvalue weighted by Crippen LogP contribution is -2.47. The molecular formula is C13H22BrN3O. The summed E-state index contributed by atoms with van der Waals surface area (Å²) in [6.45, 7) is 7.25. The van der Waals surface area contributed by atoms with Crippen LogP contribution < -0.4 is 0 Å². The van der Waals surface area contributed by atoms with Gasteiger partial charge in [0.05, 0.1) is 16.4 Å². The van der Waals surface area contributed by atoms with Gasteiger partial charge in [-0.2, -0.15) is 5.10 Å². The molecule has 0 aromatic carbocycles. The van der Waals surface area contributed by atoms with E-state index in [4.69, 9.17) is 0 Å². The molecular weight excluding hydrogens is 294 g/mol. The van der Waals surface area contributed by atoms with E-state index in [-0.39, 0.29) is 6.04 Å². The molecule has 0 spiro atoms. The molecule has 1 aliphatic rings. The van der Waals surface area contributed by atoms with Crippen LogP contribution in [0.5, 0.6) is 0 Å². The number of nitrogens with zero attached hydrogens (tertiary/aromatic N) is 3. The predicted molar refractivity (Wildman–Crippen MR) is 75.5 cm³/mol. The van der Waals surface area contributed by atoms with E-state index in [1.165, 1.54) is 0 Å². The quantitative estimate of drug-likeness (QED) is 0.911. The molecule has 102 valence electrons. The summed E-state index contributed by atoms with van der Waals surface area (Å²) in [4.78, 5) is 2.29. The van der Waals surface area contributed by atoms with Gasteiger partial charge < -0.3 is 10.0 Å². The molecule has 2 rings (SSSR count). The standard InChI is InChI=1S/C13H22BrN3O/c1-9(2)17-12(11(14)8-15-17)13(18)5-6-16(4)10(3)7-13/h8-10,18H,5-7H2,1-4H3. The second-order valence-corrected chi connectivity index (χ2v) is 6.55. The summed E-state index contributed by atoms with van der Waals surface area (Å²) < 4.78 is 2.85. The smallest absolute Gasteiger partial charge is 0.110 e. The lowest BCUT2D eigenvalue weighted by Gasteiger charge is -2.41. The first kappa shape index (κ1) is 14.0. The molecule has 0 aliphatic carbocycles. The third-order valence-corrected chi connectivity index (χ3v) is 4.52. The van der Waals surface area contributed by atoms with E-state index in [0.717, 1.165) is 29.6 Å². The minimum atomic E-state index is -0.772. The SMILES string of the molecule is CC1CC(O)(c2c(Br)cnn2C(C)C)CCN1C. The number of piperidine rings is 1. The second-order valence-electron chi connectivity index (χ2n) is 5.69. The van der Waals surface area contributed by atoms with Gasteiger partial charge in [0, 0.05) is 18.6 Å². The summed E-state index contributed by atoms with van der Waals surface area (Å²) >= 11 is 3.53. The summed E-state index contributed by atoms with van der Waals surface area (Å²) in [5.41, 5.74) is 0.156. The van der Waals surface area contributed by atoms with E-state index < -0.39 is 5.60 Å². The zero-order chi connectivity index (χ0) is 13.5. The Morgan fingerprint density at radius 1 is 1.56 bits per heavy atom. The van der Waals surface area contributed by atoms with Crippen LogP contribution in [0, 0.1) is 0 Å². The second kappa shape index (κ2) is 4.94. The highest BCUT2D eigenvalue weighted by atomic mass is 79.9. The normalized spacial score (nSPS) is 30.1. The zero-order valence-corrected chi connectivity index (χ0v) is 13.1. The van der Waals surface area contributed by atoms with Gasteiger partial charge in [-0.15, -0.1) is 0 Å². The van der Waals surface area contributed by atoms with Crippen LogP contribution in [-0.4, -0.2) is 39.4 Å². The van der Waals surface area contributed by atoms with Crippen molar-refractivity contribution in [3.63, 3.8) is 0 Å². The Morgan fingerprint density at radius 2 is 2.22 bits per heavy atom. The topological polar surface area (TPSA) is 41.3 Å². The van der Waals surface area contributed by atoms with Gasteiger partial charge in [-0.3, -0.25) is 4.68 Å². The molecule has 0 saturated carbocycles. The fraction of sp³-hybridized carbons (Fsp3) is 0.769. The van der Waals surface area contributed by atoms with E-state index in [1.807, 2.05) is 4.68 Å². The number of rotatable bonds is 2. The Labute approximate surface area is 117 Å². The summed E-state index contributed by atoms with van der Waals surface area (Å²) in [5.74, 6) is 0. The number of hydrogen-bond donors (Lipinski definition) is 1. The number of halogens is 1. The van der Waals surface area contributed by atoms with Gasteiger partial charge in [0.2, 0.25) is 0 Å². The maximum Gasteiger partial charge on any atom is 0.110 e. The van der Waals surface area contributed by atoms with Crippen molar-refractivity contribution in [2.75, 3.05) is 13.6 Å². The number of aromatic nitrogens is 2. The van der Waals surface area contributed by atoms with E-state index >= 15 is 0 Å². The zero-order valence-electron chi connectivity index (χ0n) is 11.5. The van der Waals surface area contributed by atoms with Crippen molar-refractivity contribution in [1.29, 1.82) is 0 Å². The molecule has 1 fully saturated rings. The average Bonchev–Trinajstić information content (AvgIpc) is 2.67. The number of aliphatic hydroxyl groups is 1. The number of hydrogen-bond acceptors (Lipinski definition) is 3. The highest BCUT2D eigenvalue weighted by Crippen LogP contribution is 2.39. The molecule has 1 saturated heterocycles. The van der Waals surface area contributed by atoms with Crippen molar-refractivity contribution in [2.45, 2.75) is 51.3 Å². The first-order valence-electron chi connectivity index (χ1n) is 6.51. The molecule has 2 unspecified atom stereocenters.